The molecule has 5 nitrogen and oxygen atoms in total. The lowest BCUT2D eigenvalue weighted by Crippen LogP contribution is -2.27. The summed E-state index contributed by atoms with van der Waals surface area (Å²) in [5, 5.41) is 2.94. The lowest BCUT2D eigenvalue weighted by molar-refractivity contribution is 0.0952. The van der Waals surface area contributed by atoms with Crippen LogP contribution < -0.4 is 14.8 Å². The van der Waals surface area contributed by atoms with E-state index in [1.54, 1.807) is 32.4 Å². The first kappa shape index (κ1) is 18.3. The third kappa shape index (κ3) is 5.56. The van der Waals surface area contributed by atoms with Gasteiger partial charge in [-0.3, -0.25) is 4.79 Å². The smallest absolute Gasteiger partial charge is 0.251 e. The van der Waals surface area contributed by atoms with Gasteiger partial charge in [0.2, 0.25) is 0 Å². The minimum absolute atomic E-state index is 0.0798. The van der Waals surface area contributed by atoms with Crippen LogP contribution in [0.4, 0.5) is 0 Å². The summed E-state index contributed by atoms with van der Waals surface area (Å²) in [7, 11) is 3.14. The van der Waals surface area contributed by atoms with Gasteiger partial charge in [-0.05, 0) is 50.7 Å². The van der Waals surface area contributed by atoms with Crippen LogP contribution in [-0.2, 0) is 0 Å². The maximum Gasteiger partial charge on any atom is 0.251 e. The zero-order chi connectivity index (χ0) is 16.4. The normalized spacial score (nSPS) is 10.6. The minimum atomic E-state index is -0.0798. The number of carbonyl (C=O) groups is 1. The zero-order valence-corrected chi connectivity index (χ0v) is 14.1. The summed E-state index contributed by atoms with van der Waals surface area (Å²) in [6.07, 6.45) is 2.07. The van der Waals surface area contributed by atoms with Crippen molar-refractivity contribution in [2.75, 3.05) is 40.4 Å². The summed E-state index contributed by atoms with van der Waals surface area (Å²) >= 11 is 0. The van der Waals surface area contributed by atoms with Gasteiger partial charge in [0.1, 0.15) is 0 Å². The van der Waals surface area contributed by atoms with Crippen molar-refractivity contribution in [2.45, 2.75) is 26.7 Å². The molecule has 0 fully saturated rings. The number of hydrogen-bond donors (Lipinski definition) is 1. The van der Waals surface area contributed by atoms with E-state index in [4.69, 9.17) is 9.47 Å². The topological polar surface area (TPSA) is 50.8 Å². The molecule has 0 spiro atoms. The first-order valence-electron chi connectivity index (χ1n) is 7.88. The number of carbonyl (C=O) groups excluding carboxylic acids is 1. The summed E-state index contributed by atoms with van der Waals surface area (Å²) < 4.78 is 10.4. The molecular weight excluding hydrogens is 280 g/mol. The minimum Gasteiger partial charge on any atom is -0.493 e. The largest absolute Gasteiger partial charge is 0.493 e. The van der Waals surface area contributed by atoms with Gasteiger partial charge in [-0.1, -0.05) is 13.8 Å². The van der Waals surface area contributed by atoms with Gasteiger partial charge in [0, 0.05) is 12.1 Å². The highest BCUT2D eigenvalue weighted by molar-refractivity contribution is 5.94. The molecule has 0 heterocycles. The highest BCUT2D eigenvalue weighted by Crippen LogP contribution is 2.27. The number of nitrogens with zero attached hydrogens (tertiary/aromatic N) is 1. The Hall–Kier alpha value is -1.75. The Morgan fingerprint density at radius 2 is 1.77 bits per heavy atom. The molecule has 0 unspecified atom stereocenters. The van der Waals surface area contributed by atoms with Gasteiger partial charge in [-0.2, -0.15) is 0 Å². The van der Waals surface area contributed by atoms with Gasteiger partial charge in [0.25, 0.3) is 5.91 Å². The predicted molar refractivity (Wildman–Crippen MR) is 88.9 cm³/mol. The number of amides is 1. The first-order chi connectivity index (χ1) is 10.7. The van der Waals surface area contributed by atoms with Crippen LogP contribution in [0.5, 0.6) is 11.5 Å². The van der Waals surface area contributed by atoms with Gasteiger partial charge in [-0.15, -0.1) is 0 Å². The van der Waals surface area contributed by atoms with Crippen LogP contribution in [0.15, 0.2) is 18.2 Å². The summed E-state index contributed by atoms with van der Waals surface area (Å²) in [6.45, 7) is 8.27. The van der Waals surface area contributed by atoms with Crippen molar-refractivity contribution >= 4 is 5.91 Å². The molecule has 1 aromatic rings. The van der Waals surface area contributed by atoms with Crippen LogP contribution in [0.2, 0.25) is 0 Å². The lowest BCUT2D eigenvalue weighted by Gasteiger charge is -2.17. The number of nitrogens with one attached hydrogen (secondary N) is 1. The van der Waals surface area contributed by atoms with E-state index in [2.05, 4.69) is 24.1 Å². The summed E-state index contributed by atoms with van der Waals surface area (Å²) in [5.41, 5.74) is 0.585. The van der Waals surface area contributed by atoms with Crippen molar-refractivity contribution in [3.05, 3.63) is 23.8 Å². The Kier molecular flexibility index (Phi) is 8.36. The van der Waals surface area contributed by atoms with Gasteiger partial charge >= 0.3 is 0 Å². The van der Waals surface area contributed by atoms with E-state index in [9.17, 15) is 4.79 Å². The average molecular weight is 308 g/mol. The third-order valence-corrected chi connectivity index (χ3v) is 3.73. The molecule has 5 heteroatoms. The molecule has 124 valence electrons. The van der Waals surface area contributed by atoms with Gasteiger partial charge in [0.15, 0.2) is 11.5 Å². The SMILES string of the molecule is CCN(CC)CCCCNC(=O)c1ccc(OC)c(OC)c1. The van der Waals surface area contributed by atoms with Crippen molar-refractivity contribution < 1.29 is 14.3 Å². The molecular formula is C17H28N2O3. The highest BCUT2D eigenvalue weighted by atomic mass is 16.5. The Morgan fingerprint density at radius 1 is 1.09 bits per heavy atom. The second-order valence-corrected chi connectivity index (χ2v) is 5.06. The quantitative estimate of drug-likeness (QED) is 0.675. The molecule has 0 atom stereocenters. The fraction of sp³-hybridized carbons (Fsp3) is 0.588. The first-order valence-corrected chi connectivity index (χ1v) is 7.88. The average Bonchev–Trinajstić information content (AvgIpc) is 2.57. The summed E-state index contributed by atoms with van der Waals surface area (Å²) in [6, 6.07) is 5.19. The molecule has 0 saturated heterocycles. The molecule has 1 aromatic carbocycles. The molecule has 0 aliphatic rings. The van der Waals surface area contributed by atoms with E-state index in [1.807, 2.05) is 0 Å². The highest BCUT2D eigenvalue weighted by Gasteiger charge is 2.10. The molecule has 0 radical (unpaired) electrons. The van der Waals surface area contributed by atoms with Crippen LogP contribution in [0, 0.1) is 0 Å². The van der Waals surface area contributed by atoms with Gasteiger partial charge in [-0.25, -0.2) is 0 Å². The maximum atomic E-state index is 12.1. The fourth-order valence-electron chi connectivity index (χ4n) is 2.28. The van der Waals surface area contributed by atoms with Crippen LogP contribution in [0.3, 0.4) is 0 Å². The van der Waals surface area contributed by atoms with Crippen LogP contribution in [0.1, 0.15) is 37.0 Å². The molecule has 0 aromatic heterocycles. The number of hydrogen-bond acceptors (Lipinski definition) is 4. The number of ether oxygens (including phenoxy) is 2. The monoisotopic (exact) mass is 308 g/mol. The molecule has 0 aliphatic carbocycles. The number of methoxy groups -OCH3 is 2. The maximum absolute atomic E-state index is 12.1. The van der Waals surface area contributed by atoms with E-state index in [0.717, 1.165) is 32.5 Å². The number of rotatable bonds is 10. The molecule has 1 N–H and O–H groups in total. The number of unbranched alkanes of at least 4 members (excludes halogenated alkanes) is 1. The predicted octanol–water partition coefficient (Wildman–Crippen LogP) is 2.56. The Morgan fingerprint density at radius 3 is 2.36 bits per heavy atom. The molecule has 0 bridgehead atoms. The van der Waals surface area contributed by atoms with Crippen LogP contribution in [0.25, 0.3) is 0 Å². The summed E-state index contributed by atoms with van der Waals surface area (Å²) in [4.78, 5) is 14.5. The van der Waals surface area contributed by atoms with E-state index in [-0.39, 0.29) is 5.91 Å². The zero-order valence-electron chi connectivity index (χ0n) is 14.1. The van der Waals surface area contributed by atoms with Crippen molar-refractivity contribution in [3.8, 4) is 11.5 Å². The van der Waals surface area contributed by atoms with E-state index in [0.29, 0.717) is 23.6 Å². The van der Waals surface area contributed by atoms with Crippen molar-refractivity contribution in [2.24, 2.45) is 0 Å². The van der Waals surface area contributed by atoms with Crippen molar-refractivity contribution in [1.29, 1.82) is 0 Å². The molecule has 1 amide bonds. The molecule has 1 rings (SSSR count). The molecule has 0 aliphatic heterocycles. The molecule has 22 heavy (non-hydrogen) atoms. The van der Waals surface area contributed by atoms with E-state index < -0.39 is 0 Å². The van der Waals surface area contributed by atoms with Crippen molar-refractivity contribution in [3.63, 3.8) is 0 Å². The van der Waals surface area contributed by atoms with Gasteiger partial charge < -0.3 is 19.7 Å². The second-order valence-electron chi connectivity index (χ2n) is 5.06. The second kappa shape index (κ2) is 10.1. The van der Waals surface area contributed by atoms with Crippen LogP contribution >= 0.6 is 0 Å². The molecule has 0 saturated carbocycles. The third-order valence-electron chi connectivity index (χ3n) is 3.73. The van der Waals surface area contributed by atoms with Crippen LogP contribution in [-0.4, -0.2) is 51.2 Å². The number of benzene rings is 1. The summed E-state index contributed by atoms with van der Waals surface area (Å²) in [5.74, 6) is 1.11. The van der Waals surface area contributed by atoms with E-state index in [1.165, 1.54) is 0 Å². The Labute approximate surface area is 133 Å². The van der Waals surface area contributed by atoms with Gasteiger partial charge in [0.05, 0.1) is 14.2 Å². The Bertz CT molecular complexity index is 459. The van der Waals surface area contributed by atoms with Crippen molar-refractivity contribution in [1.82, 2.24) is 10.2 Å². The van der Waals surface area contributed by atoms with E-state index >= 15 is 0 Å². The standard InChI is InChI=1S/C17H28N2O3/c1-5-19(6-2)12-8-7-11-18-17(20)14-9-10-15(21-3)16(13-14)22-4/h9-10,13H,5-8,11-12H2,1-4H3,(H,18,20). The fourth-order valence-corrected chi connectivity index (χ4v) is 2.28. The lowest BCUT2D eigenvalue weighted by atomic mass is 10.2. The Balaban J connectivity index is 2.39.